The smallest absolute Gasteiger partial charge is 0.224 e. The largest absolute Gasteiger partial charge is 0.388 e. The quantitative estimate of drug-likeness (QED) is 0.755. The SMILES string of the molecule is O=C(Cc1ccc(-n2cccc2)cc1)N[C@@H]1COC[C@@H](O)[C@H]1O. The molecular weight excluding hydrogens is 296 g/mol. The number of aliphatic hydroxyl groups is 2. The molecule has 3 atom stereocenters. The standard InChI is InChI=1S/C17H20N2O4/c20-15-11-23-10-14(17(15)22)18-16(21)9-12-3-5-13(6-4-12)19-7-1-2-8-19/h1-8,14-15,17,20,22H,9-11H2,(H,18,21)/t14-,15-,17+/m1/s1. The second-order valence-corrected chi connectivity index (χ2v) is 5.70. The number of carbonyl (C=O) groups is 1. The number of nitrogens with one attached hydrogen (secondary N) is 1. The maximum absolute atomic E-state index is 12.1. The minimum atomic E-state index is -0.996. The Labute approximate surface area is 134 Å². The van der Waals surface area contributed by atoms with Crippen LogP contribution in [0.15, 0.2) is 48.8 Å². The number of carbonyl (C=O) groups excluding carboxylic acids is 1. The predicted molar refractivity (Wildman–Crippen MR) is 84.2 cm³/mol. The molecule has 1 amide bonds. The van der Waals surface area contributed by atoms with Crippen molar-refractivity contribution in [2.45, 2.75) is 24.7 Å². The first-order valence-electron chi connectivity index (χ1n) is 7.59. The molecule has 122 valence electrons. The summed E-state index contributed by atoms with van der Waals surface area (Å²) in [5.74, 6) is -0.208. The van der Waals surface area contributed by atoms with E-state index in [-0.39, 0.29) is 25.5 Å². The van der Waals surface area contributed by atoms with Crippen LogP contribution in [0.1, 0.15) is 5.56 Å². The molecule has 23 heavy (non-hydrogen) atoms. The molecule has 6 heteroatoms. The van der Waals surface area contributed by atoms with Gasteiger partial charge in [0.15, 0.2) is 0 Å². The summed E-state index contributed by atoms with van der Waals surface area (Å²) in [6.07, 6.45) is 2.17. The van der Waals surface area contributed by atoms with Gasteiger partial charge in [-0.05, 0) is 29.8 Å². The molecule has 1 aliphatic heterocycles. The van der Waals surface area contributed by atoms with Crippen molar-refractivity contribution in [3.8, 4) is 5.69 Å². The number of ether oxygens (including phenoxy) is 1. The Bertz CT molecular complexity index is 639. The van der Waals surface area contributed by atoms with Crippen LogP contribution in [0.3, 0.4) is 0 Å². The van der Waals surface area contributed by atoms with Crippen LogP contribution in [-0.2, 0) is 16.0 Å². The van der Waals surface area contributed by atoms with E-state index in [2.05, 4.69) is 5.32 Å². The van der Waals surface area contributed by atoms with Crippen LogP contribution in [0.25, 0.3) is 5.69 Å². The first kappa shape index (κ1) is 15.7. The zero-order valence-electron chi connectivity index (χ0n) is 12.6. The Kier molecular flexibility index (Phi) is 4.76. The summed E-state index contributed by atoms with van der Waals surface area (Å²) >= 11 is 0. The fraction of sp³-hybridized carbons (Fsp3) is 0.353. The Hall–Kier alpha value is -2.15. The lowest BCUT2D eigenvalue weighted by Gasteiger charge is -2.32. The van der Waals surface area contributed by atoms with Gasteiger partial charge >= 0.3 is 0 Å². The number of aliphatic hydroxyl groups excluding tert-OH is 2. The summed E-state index contributed by atoms with van der Waals surface area (Å²) in [4.78, 5) is 12.1. The van der Waals surface area contributed by atoms with Crippen LogP contribution < -0.4 is 5.32 Å². The molecule has 0 bridgehead atoms. The van der Waals surface area contributed by atoms with Crippen molar-refractivity contribution < 1.29 is 19.7 Å². The van der Waals surface area contributed by atoms with E-state index in [4.69, 9.17) is 4.74 Å². The Morgan fingerprint density at radius 3 is 2.57 bits per heavy atom. The molecule has 1 aromatic heterocycles. The Balaban J connectivity index is 1.57. The van der Waals surface area contributed by atoms with Crippen molar-refractivity contribution in [1.29, 1.82) is 0 Å². The average Bonchev–Trinajstić information content (AvgIpc) is 3.07. The van der Waals surface area contributed by atoms with Gasteiger partial charge in [0.2, 0.25) is 5.91 Å². The highest BCUT2D eigenvalue weighted by Crippen LogP contribution is 2.12. The normalized spacial score (nSPS) is 24.3. The van der Waals surface area contributed by atoms with Gasteiger partial charge in [0, 0.05) is 18.1 Å². The molecule has 6 nitrogen and oxygen atoms in total. The van der Waals surface area contributed by atoms with Crippen molar-refractivity contribution >= 4 is 5.91 Å². The van der Waals surface area contributed by atoms with Crippen molar-refractivity contribution in [3.05, 3.63) is 54.4 Å². The molecular formula is C17H20N2O4. The molecule has 3 N–H and O–H groups in total. The average molecular weight is 316 g/mol. The summed E-state index contributed by atoms with van der Waals surface area (Å²) in [6.45, 7) is 0.297. The van der Waals surface area contributed by atoms with Crippen LogP contribution in [0, 0.1) is 0 Å². The summed E-state index contributed by atoms with van der Waals surface area (Å²) in [7, 11) is 0. The fourth-order valence-corrected chi connectivity index (χ4v) is 2.64. The van der Waals surface area contributed by atoms with Gasteiger partial charge in [0.25, 0.3) is 0 Å². The maximum atomic E-state index is 12.1. The second-order valence-electron chi connectivity index (χ2n) is 5.70. The molecule has 1 fully saturated rings. The lowest BCUT2D eigenvalue weighted by atomic mass is 10.0. The van der Waals surface area contributed by atoms with E-state index in [1.54, 1.807) is 0 Å². The van der Waals surface area contributed by atoms with Gasteiger partial charge in [-0.1, -0.05) is 12.1 Å². The Morgan fingerprint density at radius 2 is 1.87 bits per heavy atom. The van der Waals surface area contributed by atoms with Gasteiger partial charge in [-0.25, -0.2) is 0 Å². The first-order valence-corrected chi connectivity index (χ1v) is 7.59. The summed E-state index contributed by atoms with van der Waals surface area (Å²) in [5, 5.41) is 22.1. The lowest BCUT2D eigenvalue weighted by Crippen LogP contribution is -2.56. The highest BCUT2D eigenvalue weighted by atomic mass is 16.5. The van der Waals surface area contributed by atoms with E-state index >= 15 is 0 Å². The third kappa shape index (κ3) is 3.79. The van der Waals surface area contributed by atoms with Gasteiger partial charge in [-0.15, -0.1) is 0 Å². The van der Waals surface area contributed by atoms with E-state index in [0.717, 1.165) is 11.3 Å². The number of nitrogens with zero attached hydrogens (tertiary/aromatic N) is 1. The molecule has 2 aromatic rings. The topological polar surface area (TPSA) is 83.7 Å². The Morgan fingerprint density at radius 1 is 1.17 bits per heavy atom. The zero-order valence-corrected chi connectivity index (χ0v) is 12.6. The minimum Gasteiger partial charge on any atom is -0.388 e. The monoisotopic (exact) mass is 316 g/mol. The third-order valence-electron chi connectivity index (χ3n) is 3.94. The number of aromatic nitrogens is 1. The van der Waals surface area contributed by atoms with Crippen LogP contribution in [-0.4, -0.2) is 52.2 Å². The lowest BCUT2D eigenvalue weighted by molar-refractivity contribution is -0.131. The van der Waals surface area contributed by atoms with E-state index in [0.29, 0.717) is 0 Å². The number of hydrogen-bond donors (Lipinski definition) is 3. The molecule has 1 aliphatic rings. The predicted octanol–water partition coefficient (Wildman–Crippen LogP) is 0.257. The van der Waals surface area contributed by atoms with Crippen molar-refractivity contribution in [1.82, 2.24) is 9.88 Å². The molecule has 0 radical (unpaired) electrons. The van der Waals surface area contributed by atoms with E-state index < -0.39 is 18.2 Å². The van der Waals surface area contributed by atoms with Gasteiger partial charge in [0.05, 0.1) is 25.7 Å². The summed E-state index contributed by atoms with van der Waals surface area (Å²) < 4.78 is 7.13. The number of amides is 1. The van der Waals surface area contributed by atoms with Gasteiger partial charge < -0.3 is 24.8 Å². The first-order chi connectivity index (χ1) is 11.1. The molecule has 1 aromatic carbocycles. The second kappa shape index (κ2) is 6.95. The minimum absolute atomic E-state index is 0.0917. The molecule has 0 saturated carbocycles. The number of hydrogen-bond acceptors (Lipinski definition) is 4. The molecule has 3 rings (SSSR count). The van der Waals surface area contributed by atoms with Crippen molar-refractivity contribution in [2.24, 2.45) is 0 Å². The molecule has 0 unspecified atom stereocenters. The van der Waals surface area contributed by atoms with Gasteiger partial charge in [0.1, 0.15) is 12.2 Å². The number of rotatable bonds is 4. The van der Waals surface area contributed by atoms with E-state index in [9.17, 15) is 15.0 Å². The van der Waals surface area contributed by atoms with Crippen LogP contribution in [0.4, 0.5) is 0 Å². The molecule has 0 spiro atoms. The van der Waals surface area contributed by atoms with Crippen LogP contribution in [0.2, 0.25) is 0 Å². The summed E-state index contributed by atoms with van der Waals surface area (Å²) in [6, 6.07) is 11.0. The molecule has 0 aliphatic carbocycles. The van der Waals surface area contributed by atoms with Gasteiger partial charge in [-0.2, -0.15) is 0 Å². The summed E-state index contributed by atoms with van der Waals surface area (Å²) in [5.41, 5.74) is 1.91. The molecule has 1 saturated heterocycles. The highest BCUT2D eigenvalue weighted by Gasteiger charge is 2.32. The van der Waals surface area contributed by atoms with Gasteiger partial charge in [-0.3, -0.25) is 4.79 Å². The fourth-order valence-electron chi connectivity index (χ4n) is 2.64. The highest BCUT2D eigenvalue weighted by molar-refractivity contribution is 5.79. The van der Waals surface area contributed by atoms with E-state index in [1.807, 2.05) is 53.4 Å². The maximum Gasteiger partial charge on any atom is 0.224 e. The zero-order chi connectivity index (χ0) is 16.2. The third-order valence-corrected chi connectivity index (χ3v) is 3.94. The van der Waals surface area contributed by atoms with Crippen molar-refractivity contribution in [3.63, 3.8) is 0 Å². The van der Waals surface area contributed by atoms with E-state index in [1.165, 1.54) is 0 Å². The van der Waals surface area contributed by atoms with Crippen molar-refractivity contribution in [2.75, 3.05) is 13.2 Å². The number of benzene rings is 1. The van der Waals surface area contributed by atoms with Crippen LogP contribution >= 0.6 is 0 Å². The van der Waals surface area contributed by atoms with Crippen LogP contribution in [0.5, 0.6) is 0 Å². The molecule has 2 heterocycles.